The number of cyclic esters (lactones) is 1. The molecular weight excluding hydrogens is 388 g/mol. The number of aliphatic hydroxyl groups is 2. The lowest BCUT2D eigenvalue weighted by atomic mass is 9.90. The molecule has 7 heteroatoms. The standard InChI is InChI=1S/C23H30O7/c1-3-4-5-6-15(24)10-16(25)11-18-9-14-7-13-8-17(29-2)12-19(26)20(13)22(27)21(14)23(28)30-18/h7-8,12,15-16,18,24-27H,3-6,9-11H2,1-2H3/t15-,16-,18+/m1/s1. The summed E-state index contributed by atoms with van der Waals surface area (Å²) in [4.78, 5) is 12.6. The largest absolute Gasteiger partial charge is 0.507 e. The Morgan fingerprint density at radius 3 is 2.63 bits per heavy atom. The fourth-order valence-electron chi connectivity index (χ4n) is 4.13. The van der Waals surface area contributed by atoms with Crippen LogP contribution in [0.25, 0.3) is 10.8 Å². The van der Waals surface area contributed by atoms with E-state index in [0.29, 0.717) is 29.5 Å². The van der Waals surface area contributed by atoms with Crippen LogP contribution in [0, 0.1) is 0 Å². The van der Waals surface area contributed by atoms with E-state index in [1.165, 1.54) is 13.2 Å². The summed E-state index contributed by atoms with van der Waals surface area (Å²) >= 11 is 0. The van der Waals surface area contributed by atoms with Crippen molar-refractivity contribution in [3.05, 3.63) is 29.3 Å². The van der Waals surface area contributed by atoms with Gasteiger partial charge in [-0.15, -0.1) is 0 Å². The third kappa shape index (κ3) is 4.79. The molecule has 3 atom stereocenters. The average molecular weight is 418 g/mol. The molecule has 0 radical (unpaired) electrons. The van der Waals surface area contributed by atoms with Gasteiger partial charge in [-0.25, -0.2) is 4.79 Å². The molecule has 164 valence electrons. The Kier molecular flexibility index (Phi) is 7.05. The first-order chi connectivity index (χ1) is 14.3. The van der Waals surface area contributed by atoms with Gasteiger partial charge in [-0.05, 0) is 35.9 Å². The predicted molar refractivity (Wildman–Crippen MR) is 112 cm³/mol. The maximum atomic E-state index is 12.6. The highest BCUT2D eigenvalue weighted by Gasteiger charge is 2.32. The molecule has 7 nitrogen and oxygen atoms in total. The molecule has 0 aromatic heterocycles. The minimum Gasteiger partial charge on any atom is -0.507 e. The molecule has 2 aromatic carbocycles. The number of carbonyl (C=O) groups excluding carboxylic acids is 1. The van der Waals surface area contributed by atoms with Gasteiger partial charge in [-0.3, -0.25) is 0 Å². The molecule has 2 aromatic rings. The van der Waals surface area contributed by atoms with Gasteiger partial charge in [0, 0.05) is 18.9 Å². The van der Waals surface area contributed by atoms with Crippen LogP contribution in [0.4, 0.5) is 0 Å². The van der Waals surface area contributed by atoms with Gasteiger partial charge >= 0.3 is 5.97 Å². The summed E-state index contributed by atoms with van der Waals surface area (Å²) < 4.78 is 10.6. The highest BCUT2D eigenvalue weighted by molar-refractivity contribution is 6.05. The molecule has 4 N–H and O–H groups in total. The number of benzene rings is 2. The zero-order valence-electron chi connectivity index (χ0n) is 17.4. The second kappa shape index (κ2) is 9.53. The van der Waals surface area contributed by atoms with Crippen LogP contribution in [0.5, 0.6) is 17.2 Å². The maximum Gasteiger partial charge on any atom is 0.342 e. The van der Waals surface area contributed by atoms with Gasteiger partial charge in [0.15, 0.2) is 0 Å². The lowest BCUT2D eigenvalue weighted by molar-refractivity contribution is 0.000736. The van der Waals surface area contributed by atoms with Crippen molar-refractivity contribution in [3.63, 3.8) is 0 Å². The smallest absolute Gasteiger partial charge is 0.342 e. The Labute approximate surface area is 175 Å². The number of fused-ring (bicyclic) bond motifs is 2. The molecule has 0 aliphatic carbocycles. The molecule has 0 spiro atoms. The van der Waals surface area contributed by atoms with Crippen molar-refractivity contribution in [1.82, 2.24) is 0 Å². The van der Waals surface area contributed by atoms with Crippen molar-refractivity contribution in [1.29, 1.82) is 0 Å². The second-order valence-electron chi connectivity index (χ2n) is 8.01. The fraction of sp³-hybridized carbons (Fsp3) is 0.522. The van der Waals surface area contributed by atoms with E-state index in [9.17, 15) is 25.2 Å². The Bertz CT molecular complexity index is 908. The number of aliphatic hydroxyl groups excluding tert-OH is 2. The van der Waals surface area contributed by atoms with Crippen LogP contribution in [0.1, 0.15) is 61.4 Å². The lowest BCUT2D eigenvalue weighted by Crippen LogP contribution is -2.32. The summed E-state index contributed by atoms with van der Waals surface area (Å²) in [6.45, 7) is 2.09. The Balaban J connectivity index is 1.76. The van der Waals surface area contributed by atoms with Gasteiger partial charge in [0.1, 0.15) is 28.9 Å². The van der Waals surface area contributed by atoms with E-state index in [1.807, 2.05) is 0 Å². The second-order valence-corrected chi connectivity index (χ2v) is 8.01. The number of hydrogen-bond acceptors (Lipinski definition) is 7. The number of ether oxygens (including phenoxy) is 2. The monoisotopic (exact) mass is 418 g/mol. The third-order valence-corrected chi connectivity index (χ3v) is 5.63. The minimum atomic E-state index is -0.792. The number of rotatable bonds is 9. The fourth-order valence-corrected chi connectivity index (χ4v) is 4.13. The summed E-state index contributed by atoms with van der Waals surface area (Å²) in [6, 6.07) is 4.77. The number of phenolic OH excluding ortho intramolecular Hbond substituents is 2. The molecule has 0 saturated carbocycles. The quantitative estimate of drug-likeness (QED) is 0.364. The molecule has 0 bridgehead atoms. The van der Waals surface area contributed by atoms with Crippen molar-refractivity contribution >= 4 is 16.7 Å². The molecular formula is C23H30O7. The molecule has 1 heterocycles. The SMILES string of the molecule is CCCCC[C@@H](O)C[C@@H](O)C[C@@H]1Cc2cc3cc(OC)cc(O)c3c(O)c2C(=O)O1. The Hall–Kier alpha value is -2.51. The topological polar surface area (TPSA) is 116 Å². The molecule has 3 rings (SSSR count). The minimum absolute atomic E-state index is 0.0355. The highest BCUT2D eigenvalue weighted by atomic mass is 16.5. The predicted octanol–water partition coefficient (Wildman–Crippen LogP) is 3.42. The van der Waals surface area contributed by atoms with E-state index in [2.05, 4.69) is 6.92 Å². The molecule has 0 amide bonds. The zero-order chi connectivity index (χ0) is 21.8. The highest BCUT2D eigenvalue weighted by Crippen LogP contribution is 2.42. The number of unbranched alkanes of at least 4 members (excludes halogenated alkanes) is 2. The van der Waals surface area contributed by atoms with E-state index in [-0.39, 0.29) is 35.3 Å². The van der Waals surface area contributed by atoms with E-state index in [4.69, 9.17) is 9.47 Å². The number of aromatic hydroxyl groups is 2. The summed E-state index contributed by atoms with van der Waals surface area (Å²) in [6.07, 6.45) is 2.50. The number of esters is 1. The van der Waals surface area contributed by atoms with Crippen LogP contribution in [-0.4, -0.2) is 51.8 Å². The number of carbonyl (C=O) groups is 1. The van der Waals surface area contributed by atoms with Gasteiger partial charge < -0.3 is 29.9 Å². The van der Waals surface area contributed by atoms with Gasteiger partial charge in [0.2, 0.25) is 0 Å². The van der Waals surface area contributed by atoms with Crippen molar-refractivity contribution < 1.29 is 34.7 Å². The number of hydrogen-bond donors (Lipinski definition) is 4. The van der Waals surface area contributed by atoms with Crippen LogP contribution >= 0.6 is 0 Å². The van der Waals surface area contributed by atoms with Crippen LogP contribution in [0.15, 0.2) is 18.2 Å². The third-order valence-electron chi connectivity index (χ3n) is 5.63. The van der Waals surface area contributed by atoms with Crippen molar-refractivity contribution in [3.8, 4) is 17.2 Å². The van der Waals surface area contributed by atoms with Crippen molar-refractivity contribution in [2.75, 3.05) is 7.11 Å². The number of methoxy groups -OCH3 is 1. The van der Waals surface area contributed by atoms with Gasteiger partial charge in [-0.1, -0.05) is 26.2 Å². The summed E-state index contributed by atoms with van der Waals surface area (Å²) in [7, 11) is 1.48. The van der Waals surface area contributed by atoms with Gasteiger partial charge in [0.25, 0.3) is 0 Å². The molecule has 0 fully saturated rings. The van der Waals surface area contributed by atoms with Crippen molar-refractivity contribution in [2.45, 2.75) is 70.2 Å². The Morgan fingerprint density at radius 1 is 1.17 bits per heavy atom. The first-order valence-corrected chi connectivity index (χ1v) is 10.5. The lowest BCUT2D eigenvalue weighted by Gasteiger charge is -2.28. The Morgan fingerprint density at radius 2 is 1.93 bits per heavy atom. The maximum absolute atomic E-state index is 12.6. The number of phenols is 2. The van der Waals surface area contributed by atoms with Gasteiger partial charge in [0.05, 0.1) is 24.7 Å². The first-order valence-electron chi connectivity index (χ1n) is 10.5. The molecule has 1 aliphatic rings. The summed E-state index contributed by atoms with van der Waals surface area (Å²) in [5.74, 6) is -0.765. The van der Waals surface area contributed by atoms with E-state index in [1.54, 1.807) is 12.1 Å². The first kappa shape index (κ1) is 22.2. The van der Waals surface area contributed by atoms with E-state index >= 15 is 0 Å². The van der Waals surface area contributed by atoms with Crippen LogP contribution in [0.2, 0.25) is 0 Å². The molecule has 30 heavy (non-hydrogen) atoms. The zero-order valence-corrected chi connectivity index (χ0v) is 17.4. The average Bonchev–Trinajstić information content (AvgIpc) is 2.66. The van der Waals surface area contributed by atoms with Gasteiger partial charge in [-0.2, -0.15) is 0 Å². The van der Waals surface area contributed by atoms with Crippen LogP contribution < -0.4 is 4.74 Å². The van der Waals surface area contributed by atoms with Crippen LogP contribution in [-0.2, 0) is 11.2 Å². The molecule has 0 unspecified atom stereocenters. The van der Waals surface area contributed by atoms with Crippen LogP contribution in [0.3, 0.4) is 0 Å². The van der Waals surface area contributed by atoms with E-state index in [0.717, 1.165) is 19.3 Å². The van der Waals surface area contributed by atoms with Crippen molar-refractivity contribution in [2.24, 2.45) is 0 Å². The molecule has 1 aliphatic heterocycles. The summed E-state index contributed by atoms with van der Waals surface area (Å²) in [5, 5.41) is 42.0. The normalized spacial score (nSPS) is 18.0. The summed E-state index contributed by atoms with van der Waals surface area (Å²) in [5.41, 5.74) is 0.623. The van der Waals surface area contributed by atoms with E-state index < -0.39 is 24.3 Å². The molecule has 0 saturated heterocycles.